The highest BCUT2D eigenvalue weighted by Gasteiger charge is 2.26. The molecule has 6 heteroatoms. The van der Waals surface area contributed by atoms with Crippen LogP contribution in [0.4, 0.5) is 0 Å². The third-order valence-corrected chi connectivity index (χ3v) is 4.08. The molecule has 0 atom stereocenters. The largest absolute Gasteiger partial charge is 0.411 e. The highest BCUT2D eigenvalue weighted by Crippen LogP contribution is 2.38. The maximum Gasteiger partial charge on any atom is 0.118 e. The Balaban J connectivity index is 2.21. The quantitative estimate of drug-likeness (QED) is 0.385. The molecular formula is C17H15N3O3. The lowest BCUT2D eigenvalue weighted by molar-refractivity contribution is 0.319. The van der Waals surface area contributed by atoms with Crippen LogP contribution in [0.25, 0.3) is 11.1 Å². The zero-order valence-corrected chi connectivity index (χ0v) is 12.6. The van der Waals surface area contributed by atoms with Gasteiger partial charge in [-0.3, -0.25) is 0 Å². The molecule has 116 valence electrons. The highest BCUT2D eigenvalue weighted by atomic mass is 16.4. The van der Waals surface area contributed by atoms with Gasteiger partial charge >= 0.3 is 0 Å². The van der Waals surface area contributed by atoms with E-state index >= 15 is 0 Å². The molecule has 0 saturated carbocycles. The van der Waals surface area contributed by atoms with Crippen molar-refractivity contribution in [2.75, 3.05) is 0 Å². The van der Waals surface area contributed by atoms with E-state index in [1.165, 1.54) is 0 Å². The first-order valence-corrected chi connectivity index (χ1v) is 7.00. The molecule has 3 N–H and O–H groups in total. The molecule has 23 heavy (non-hydrogen) atoms. The normalized spacial score (nSPS) is 13.7. The first kappa shape index (κ1) is 14.8. The Morgan fingerprint density at radius 1 is 0.696 bits per heavy atom. The number of hydrogen-bond donors (Lipinski definition) is 3. The monoisotopic (exact) mass is 309 g/mol. The summed E-state index contributed by atoms with van der Waals surface area (Å²) in [7, 11) is 0. The van der Waals surface area contributed by atoms with Crippen molar-refractivity contribution in [3.8, 4) is 11.1 Å². The maximum atomic E-state index is 9.46. The number of fused-ring (bicyclic) bond motifs is 3. The summed E-state index contributed by atoms with van der Waals surface area (Å²) in [5.74, 6) is 0. The third kappa shape index (κ3) is 2.24. The predicted molar refractivity (Wildman–Crippen MR) is 87.3 cm³/mol. The molecule has 0 aliphatic heterocycles. The Bertz CT molecular complexity index is 813. The molecule has 2 aromatic carbocycles. The number of hydrogen-bond acceptors (Lipinski definition) is 6. The molecule has 1 aliphatic rings. The molecule has 0 fully saturated rings. The number of nitrogens with zero attached hydrogens (tertiary/aromatic N) is 3. The third-order valence-electron chi connectivity index (χ3n) is 4.08. The van der Waals surface area contributed by atoms with E-state index in [9.17, 15) is 5.21 Å². The fourth-order valence-corrected chi connectivity index (χ4v) is 2.77. The van der Waals surface area contributed by atoms with Crippen LogP contribution in [0.5, 0.6) is 0 Å². The van der Waals surface area contributed by atoms with Crippen LogP contribution < -0.4 is 0 Å². The molecule has 2 aromatic rings. The van der Waals surface area contributed by atoms with Crippen molar-refractivity contribution in [2.24, 2.45) is 15.5 Å². The Morgan fingerprint density at radius 2 is 1.13 bits per heavy atom. The van der Waals surface area contributed by atoms with E-state index in [-0.39, 0.29) is 0 Å². The summed E-state index contributed by atoms with van der Waals surface area (Å²) in [4.78, 5) is 0. The Kier molecular flexibility index (Phi) is 3.57. The summed E-state index contributed by atoms with van der Waals surface area (Å²) < 4.78 is 0. The molecule has 0 bridgehead atoms. The van der Waals surface area contributed by atoms with Gasteiger partial charge < -0.3 is 15.6 Å². The Morgan fingerprint density at radius 3 is 1.48 bits per heavy atom. The van der Waals surface area contributed by atoms with E-state index in [1.807, 2.05) is 36.4 Å². The second-order valence-corrected chi connectivity index (χ2v) is 5.34. The van der Waals surface area contributed by atoms with Crippen LogP contribution in [0.15, 0.2) is 51.9 Å². The maximum absolute atomic E-state index is 9.46. The first-order chi connectivity index (χ1) is 11.1. The van der Waals surface area contributed by atoms with Crippen LogP contribution >= 0.6 is 0 Å². The van der Waals surface area contributed by atoms with Crippen molar-refractivity contribution in [3.63, 3.8) is 0 Å². The summed E-state index contributed by atoms with van der Waals surface area (Å²) in [6.45, 7) is 3.39. The summed E-state index contributed by atoms with van der Waals surface area (Å²) in [6.07, 6.45) is 0. The van der Waals surface area contributed by atoms with Crippen LogP contribution in [-0.4, -0.2) is 32.8 Å². The van der Waals surface area contributed by atoms with Crippen molar-refractivity contribution in [3.05, 3.63) is 58.7 Å². The molecular weight excluding hydrogens is 294 g/mol. The van der Waals surface area contributed by atoms with Gasteiger partial charge in [0.05, 0.1) is 11.4 Å². The zero-order valence-electron chi connectivity index (χ0n) is 12.6. The molecule has 0 saturated heterocycles. The molecule has 0 amide bonds. The predicted octanol–water partition coefficient (Wildman–Crippen LogP) is 3.29. The second kappa shape index (κ2) is 5.57. The van der Waals surface area contributed by atoms with E-state index in [0.29, 0.717) is 17.1 Å². The fourth-order valence-electron chi connectivity index (χ4n) is 2.77. The van der Waals surface area contributed by atoms with Gasteiger partial charge in [-0.2, -0.15) is 0 Å². The molecule has 6 nitrogen and oxygen atoms in total. The van der Waals surface area contributed by atoms with Gasteiger partial charge in [0, 0.05) is 11.1 Å². The van der Waals surface area contributed by atoms with Crippen LogP contribution in [0.1, 0.15) is 36.1 Å². The van der Waals surface area contributed by atoms with E-state index in [4.69, 9.17) is 10.4 Å². The minimum atomic E-state index is 0.440. The zero-order chi connectivity index (χ0) is 16.6. The molecule has 0 radical (unpaired) electrons. The number of oxime groups is 3. The average Bonchev–Trinajstić information content (AvgIpc) is 2.92. The van der Waals surface area contributed by atoms with E-state index in [1.54, 1.807) is 13.8 Å². The lowest BCUT2D eigenvalue weighted by Gasteiger charge is -2.04. The lowest BCUT2D eigenvalue weighted by Crippen LogP contribution is -2.03. The fraction of sp³-hybridized carbons (Fsp3) is 0.118. The topological polar surface area (TPSA) is 97.8 Å². The van der Waals surface area contributed by atoms with Gasteiger partial charge in [0.1, 0.15) is 5.71 Å². The van der Waals surface area contributed by atoms with Gasteiger partial charge in [-0.1, -0.05) is 39.7 Å². The highest BCUT2D eigenvalue weighted by molar-refractivity contribution is 6.25. The van der Waals surface area contributed by atoms with Crippen LogP contribution in [-0.2, 0) is 0 Å². The number of benzene rings is 2. The summed E-state index contributed by atoms with van der Waals surface area (Å²) in [5, 5.41) is 37.2. The van der Waals surface area contributed by atoms with Crippen molar-refractivity contribution in [1.29, 1.82) is 0 Å². The van der Waals surface area contributed by atoms with Crippen LogP contribution in [0.3, 0.4) is 0 Å². The van der Waals surface area contributed by atoms with Gasteiger partial charge in [-0.15, -0.1) is 0 Å². The Hall–Kier alpha value is -3.15. The summed E-state index contributed by atoms with van der Waals surface area (Å²) in [5.41, 5.74) is 6.28. The van der Waals surface area contributed by atoms with Gasteiger partial charge in [0.2, 0.25) is 0 Å². The molecule has 0 heterocycles. The smallest absolute Gasteiger partial charge is 0.118 e. The van der Waals surface area contributed by atoms with Gasteiger partial charge in [-0.25, -0.2) is 0 Å². The molecule has 1 aliphatic carbocycles. The van der Waals surface area contributed by atoms with E-state index < -0.39 is 0 Å². The minimum absolute atomic E-state index is 0.440. The Labute approximate surface area is 132 Å². The molecule has 3 rings (SSSR count). The summed E-state index contributed by atoms with van der Waals surface area (Å²) >= 11 is 0. The van der Waals surface area contributed by atoms with Crippen molar-refractivity contribution in [1.82, 2.24) is 0 Å². The SMILES string of the molecule is C/C(=N\O)c1ccc2c(c1)C(=NO)c1cc(/C(C)=N/O)ccc1-2. The van der Waals surface area contributed by atoms with Crippen molar-refractivity contribution >= 4 is 17.1 Å². The lowest BCUT2D eigenvalue weighted by atomic mass is 10.0. The van der Waals surface area contributed by atoms with Crippen LogP contribution in [0, 0.1) is 0 Å². The standard InChI is InChI=1S/C17H15N3O3/c1-9(18-21)11-3-5-13-14-6-4-12(10(2)19-22)8-16(14)17(20-23)15(13)7-11/h3-8,21-23H,1-2H3/b18-9+,19-10+. The minimum Gasteiger partial charge on any atom is -0.411 e. The van der Waals surface area contributed by atoms with Gasteiger partial charge in [0.25, 0.3) is 0 Å². The number of rotatable bonds is 2. The average molecular weight is 309 g/mol. The van der Waals surface area contributed by atoms with Crippen molar-refractivity contribution in [2.45, 2.75) is 13.8 Å². The van der Waals surface area contributed by atoms with E-state index in [0.717, 1.165) is 33.4 Å². The molecule has 0 spiro atoms. The second-order valence-electron chi connectivity index (χ2n) is 5.34. The van der Waals surface area contributed by atoms with Gasteiger partial charge in [-0.05, 0) is 48.2 Å². The van der Waals surface area contributed by atoms with Crippen molar-refractivity contribution < 1.29 is 15.6 Å². The first-order valence-electron chi connectivity index (χ1n) is 7.00. The van der Waals surface area contributed by atoms with E-state index in [2.05, 4.69) is 15.5 Å². The molecule has 0 unspecified atom stereocenters. The van der Waals surface area contributed by atoms with Gasteiger partial charge in [0.15, 0.2) is 0 Å². The van der Waals surface area contributed by atoms with Crippen LogP contribution in [0.2, 0.25) is 0 Å². The molecule has 0 aromatic heterocycles. The summed E-state index contributed by atoms with van der Waals surface area (Å²) in [6, 6.07) is 11.2.